The summed E-state index contributed by atoms with van der Waals surface area (Å²) in [5, 5.41) is 11.7. The number of nitrogens with one attached hydrogen (secondary N) is 1. The van der Waals surface area contributed by atoms with Crippen molar-refractivity contribution in [2.24, 2.45) is 0 Å². The Morgan fingerprint density at radius 2 is 1.69 bits per heavy atom. The zero-order valence-corrected chi connectivity index (χ0v) is 16.9. The first-order valence-corrected chi connectivity index (χ1v) is 9.51. The van der Waals surface area contributed by atoms with Gasteiger partial charge in [-0.1, -0.05) is 0 Å². The number of ether oxygens (including phenoxy) is 2. The van der Waals surface area contributed by atoms with Gasteiger partial charge in [-0.15, -0.1) is 0 Å². The molecule has 0 saturated heterocycles. The fourth-order valence-electron chi connectivity index (χ4n) is 2.70. The lowest BCUT2D eigenvalue weighted by Gasteiger charge is -2.18. The van der Waals surface area contributed by atoms with Crippen molar-refractivity contribution in [3.63, 3.8) is 0 Å². The zero-order chi connectivity index (χ0) is 21.2. The molecule has 2 rings (SSSR count). The Kier molecular flexibility index (Phi) is 8.04. The quantitative estimate of drug-likeness (QED) is 0.702. The molecule has 0 spiro atoms. The highest BCUT2D eigenvalue weighted by molar-refractivity contribution is 5.96. The second-order valence-corrected chi connectivity index (χ2v) is 6.10. The van der Waals surface area contributed by atoms with Crippen LogP contribution in [0.4, 0.5) is 5.69 Å². The maximum atomic E-state index is 12.3. The van der Waals surface area contributed by atoms with E-state index in [-0.39, 0.29) is 18.4 Å². The van der Waals surface area contributed by atoms with E-state index in [1.165, 1.54) is 0 Å². The van der Waals surface area contributed by atoms with E-state index < -0.39 is 0 Å². The third-order valence-corrected chi connectivity index (χ3v) is 4.20. The average Bonchev–Trinajstić information content (AvgIpc) is 2.74. The topological polar surface area (TPSA) is 91.7 Å². The van der Waals surface area contributed by atoms with E-state index in [2.05, 4.69) is 5.32 Å². The number of benzene rings is 2. The summed E-state index contributed by atoms with van der Waals surface area (Å²) in [6, 6.07) is 13.5. The number of hydrogen-bond donors (Lipinski definition) is 1. The molecule has 0 aliphatic heterocycles. The molecule has 0 aliphatic carbocycles. The number of nitrogens with zero attached hydrogens (tertiary/aromatic N) is 2. The molecule has 7 nitrogen and oxygen atoms in total. The fraction of sp³-hybridized carbons (Fsp3) is 0.318. The molecule has 0 bridgehead atoms. The lowest BCUT2D eigenvalue weighted by atomic mass is 10.2. The van der Waals surface area contributed by atoms with Crippen molar-refractivity contribution >= 4 is 17.5 Å². The second kappa shape index (κ2) is 10.7. The standard InChI is InChI=1S/C22H25N3O4/c1-4-25(5-2)22(27)17-8-10-18(11-9-17)24-21(26)15-29-19-12-7-16(14-23)13-20(19)28-6-3/h7-13H,4-6,15H2,1-3H3,(H,24,26). The first-order valence-electron chi connectivity index (χ1n) is 9.51. The summed E-state index contributed by atoms with van der Waals surface area (Å²) in [6.07, 6.45) is 0. The van der Waals surface area contributed by atoms with Crippen molar-refractivity contribution in [1.29, 1.82) is 5.26 Å². The van der Waals surface area contributed by atoms with Gasteiger partial charge in [0.15, 0.2) is 18.1 Å². The Bertz CT molecular complexity index is 884. The monoisotopic (exact) mass is 395 g/mol. The van der Waals surface area contributed by atoms with Crippen molar-refractivity contribution in [2.45, 2.75) is 20.8 Å². The zero-order valence-electron chi connectivity index (χ0n) is 16.9. The van der Waals surface area contributed by atoms with Gasteiger partial charge in [0.1, 0.15) is 0 Å². The van der Waals surface area contributed by atoms with Gasteiger partial charge in [-0.2, -0.15) is 5.26 Å². The number of anilines is 1. The van der Waals surface area contributed by atoms with Crippen LogP contribution in [0.2, 0.25) is 0 Å². The van der Waals surface area contributed by atoms with E-state index in [1.54, 1.807) is 47.4 Å². The van der Waals surface area contributed by atoms with E-state index >= 15 is 0 Å². The Balaban J connectivity index is 1.96. The van der Waals surface area contributed by atoms with E-state index in [0.717, 1.165) is 0 Å². The molecule has 2 aromatic carbocycles. The van der Waals surface area contributed by atoms with Gasteiger partial charge in [-0.3, -0.25) is 9.59 Å². The minimum Gasteiger partial charge on any atom is -0.490 e. The van der Waals surface area contributed by atoms with Gasteiger partial charge in [-0.25, -0.2) is 0 Å². The van der Waals surface area contributed by atoms with Gasteiger partial charge >= 0.3 is 0 Å². The molecule has 0 saturated carbocycles. The lowest BCUT2D eigenvalue weighted by Crippen LogP contribution is -2.30. The molecule has 2 aromatic rings. The normalized spacial score (nSPS) is 10.0. The summed E-state index contributed by atoms with van der Waals surface area (Å²) in [5.74, 6) is 0.417. The molecule has 7 heteroatoms. The van der Waals surface area contributed by atoms with Gasteiger partial charge in [0.05, 0.1) is 18.2 Å². The molecule has 0 aliphatic rings. The van der Waals surface area contributed by atoms with Gasteiger partial charge in [0, 0.05) is 30.4 Å². The van der Waals surface area contributed by atoms with Crippen molar-refractivity contribution < 1.29 is 19.1 Å². The smallest absolute Gasteiger partial charge is 0.262 e. The highest BCUT2D eigenvalue weighted by Crippen LogP contribution is 2.28. The van der Waals surface area contributed by atoms with Crippen LogP contribution in [0, 0.1) is 11.3 Å². The summed E-state index contributed by atoms with van der Waals surface area (Å²) >= 11 is 0. The Labute approximate surface area is 170 Å². The average molecular weight is 395 g/mol. The van der Waals surface area contributed by atoms with Crippen LogP contribution in [0.25, 0.3) is 0 Å². The Hall–Kier alpha value is -3.53. The summed E-state index contributed by atoms with van der Waals surface area (Å²) in [4.78, 5) is 26.2. The molecule has 152 valence electrons. The van der Waals surface area contributed by atoms with E-state index in [9.17, 15) is 9.59 Å². The molecular weight excluding hydrogens is 370 g/mol. The Morgan fingerprint density at radius 1 is 1.00 bits per heavy atom. The molecule has 0 unspecified atom stereocenters. The van der Waals surface area contributed by atoms with Gasteiger partial charge < -0.3 is 19.7 Å². The van der Waals surface area contributed by atoms with Crippen LogP contribution in [0.3, 0.4) is 0 Å². The number of hydrogen-bond acceptors (Lipinski definition) is 5. The van der Waals surface area contributed by atoms with Crippen molar-refractivity contribution in [1.82, 2.24) is 4.90 Å². The predicted octanol–water partition coefficient (Wildman–Crippen LogP) is 3.46. The molecule has 1 N–H and O–H groups in total. The maximum Gasteiger partial charge on any atom is 0.262 e. The first-order chi connectivity index (χ1) is 14.0. The number of amides is 2. The molecule has 29 heavy (non-hydrogen) atoms. The predicted molar refractivity (Wildman–Crippen MR) is 110 cm³/mol. The van der Waals surface area contributed by atoms with Crippen LogP contribution >= 0.6 is 0 Å². The van der Waals surface area contributed by atoms with Gasteiger partial charge in [0.2, 0.25) is 0 Å². The largest absolute Gasteiger partial charge is 0.490 e. The van der Waals surface area contributed by atoms with Crippen molar-refractivity contribution in [3.8, 4) is 17.6 Å². The third kappa shape index (κ3) is 5.98. The van der Waals surface area contributed by atoms with Crippen LogP contribution < -0.4 is 14.8 Å². The number of carbonyl (C=O) groups is 2. The fourth-order valence-corrected chi connectivity index (χ4v) is 2.70. The van der Waals surface area contributed by atoms with Crippen molar-refractivity contribution in [3.05, 3.63) is 53.6 Å². The van der Waals surface area contributed by atoms with Crippen LogP contribution in [0.1, 0.15) is 36.7 Å². The number of carbonyl (C=O) groups excluding carboxylic acids is 2. The molecule has 0 aromatic heterocycles. The molecule has 2 amide bonds. The van der Waals surface area contributed by atoms with E-state index in [0.29, 0.717) is 48.0 Å². The van der Waals surface area contributed by atoms with Gasteiger partial charge in [-0.05, 0) is 57.2 Å². The molecule has 0 atom stereocenters. The summed E-state index contributed by atoms with van der Waals surface area (Å²) in [7, 11) is 0. The minimum absolute atomic E-state index is 0.0412. The second-order valence-electron chi connectivity index (χ2n) is 6.10. The third-order valence-electron chi connectivity index (χ3n) is 4.20. The molecule has 0 radical (unpaired) electrons. The highest BCUT2D eigenvalue weighted by Gasteiger charge is 2.13. The van der Waals surface area contributed by atoms with Crippen LogP contribution in [0.5, 0.6) is 11.5 Å². The molecule has 0 heterocycles. The SMILES string of the molecule is CCOc1cc(C#N)ccc1OCC(=O)Nc1ccc(C(=O)N(CC)CC)cc1. The summed E-state index contributed by atoms with van der Waals surface area (Å²) in [6.45, 7) is 7.17. The number of rotatable bonds is 9. The van der Waals surface area contributed by atoms with E-state index in [4.69, 9.17) is 14.7 Å². The molecular formula is C22H25N3O4. The van der Waals surface area contributed by atoms with Crippen LogP contribution in [-0.2, 0) is 4.79 Å². The highest BCUT2D eigenvalue weighted by atomic mass is 16.5. The van der Waals surface area contributed by atoms with Crippen LogP contribution in [0.15, 0.2) is 42.5 Å². The van der Waals surface area contributed by atoms with E-state index in [1.807, 2.05) is 26.8 Å². The van der Waals surface area contributed by atoms with Gasteiger partial charge in [0.25, 0.3) is 11.8 Å². The van der Waals surface area contributed by atoms with Crippen molar-refractivity contribution in [2.75, 3.05) is 31.6 Å². The Morgan fingerprint density at radius 3 is 2.28 bits per heavy atom. The minimum atomic E-state index is -0.348. The number of nitriles is 1. The maximum absolute atomic E-state index is 12.3. The summed E-state index contributed by atoms with van der Waals surface area (Å²) < 4.78 is 11.0. The lowest BCUT2D eigenvalue weighted by molar-refractivity contribution is -0.118. The van der Waals surface area contributed by atoms with Crippen LogP contribution in [-0.4, -0.2) is 43.0 Å². The first kappa shape index (κ1) is 21.8. The summed E-state index contributed by atoms with van der Waals surface area (Å²) in [5.41, 5.74) is 1.59. The molecule has 0 fully saturated rings.